The van der Waals surface area contributed by atoms with Crippen molar-refractivity contribution in [3.05, 3.63) is 87.3 Å². The molecule has 4 heterocycles. The first-order valence-electron chi connectivity index (χ1n) is 9.81. The number of aromatic nitrogens is 4. The van der Waals surface area contributed by atoms with E-state index in [1.165, 1.54) is 6.20 Å². The summed E-state index contributed by atoms with van der Waals surface area (Å²) < 4.78 is 22.2. The molecule has 1 unspecified atom stereocenters. The van der Waals surface area contributed by atoms with E-state index in [1.807, 2.05) is 6.07 Å². The van der Waals surface area contributed by atoms with Crippen LogP contribution in [0.5, 0.6) is 0 Å². The summed E-state index contributed by atoms with van der Waals surface area (Å²) in [5.74, 6) is -1.26. The van der Waals surface area contributed by atoms with Crippen molar-refractivity contribution in [1.29, 1.82) is 0 Å². The number of aliphatic hydroxyl groups excluding tert-OH is 2. The van der Waals surface area contributed by atoms with Crippen molar-refractivity contribution in [2.24, 2.45) is 0 Å². The van der Waals surface area contributed by atoms with Crippen LogP contribution in [0.4, 0.5) is 0 Å². The molecule has 14 heteroatoms. The average molecular weight is 490 g/mol. The standard InChI is InChI=1S/C20H19N4O9P/c25-16-5-8-23(19-18(27)17(26)15(33-19)11-32-34(29,30)31)20(28)24(16)10-13-9-12(4-7-21-13)14-3-1-2-6-22-14/h1-9,15,17,26-27H,10-11H2,(H2,29,30,31)/t15-,17?/m1/s1. The van der Waals surface area contributed by atoms with E-state index in [2.05, 4.69) is 14.5 Å². The highest BCUT2D eigenvalue weighted by atomic mass is 31.2. The van der Waals surface area contributed by atoms with Crippen molar-refractivity contribution in [3.8, 4) is 11.3 Å². The molecule has 178 valence electrons. The Kier molecular flexibility index (Phi) is 6.46. The maximum atomic E-state index is 13.0. The normalized spacial score (nSPS) is 18.2. The van der Waals surface area contributed by atoms with Crippen LogP contribution in [0.1, 0.15) is 5.69 Å². The predicted molar refractivity (Wildman–Crippen MR) is 116 cm³/mol. The van der Waals surface area contributed by atoms with Crippen molar-refractivity contribution in [3.63, 3.8) is 0 Å². The van der Waals surface area contributed by atoms with Gasteiger partial charge in [-0.2, -0.15) is 0 Å². The number of nitrogens with zero attached hydrogens (tertiary/aromatic N) is 4. The molecule has 0 spiro atoms. The van der Waals surface area contributed by atoms with E-state index in [1.54, 1.807) is 30.5 Å². The first-order chi connectivity index (χ1) is 16.1. The molecule has 4 N–H and O–H groups in total. The van der Waals surface area contributed by atoms with E-state index in [4.69, 9.17) is 14.5 Å². The molecule has 0 aliphatic carbocycles. The molecule has 0 aromatic carbocycles. The highest BCUT2D eigenvalue weighted by Gasteiger charge is 2.38. The monoisotopic (exact) mass is 490 g/mol. The summed E-state index contributed by atoms with van der Waals surface area (Å²) in [6, 6.07) is 9.84. The Morgan fingerprint density at radius 1 is 1.12 bits per heavy atom. The van der Waals surface area contributed by atoms with Gasteiger partial charge in [0, 0.05) is 30.2 Å². The second-order valence-electron chi connectivity index (χ2n) is 7.22. The first-order valence-corrected chi connectivity index (χ1v) is 11.3. The quantitative estimate of drug-likeness (QED) is 0.328. The number of pyridine rings is 2. The van der Waals surface area contributed by atoms with Crippen molar-refractivity contribution < 1.29 is 33.8 Å². The minimum atomic E-state index is -4.86. The molecule has 3 aromatic heterocycles. The van der Waals surface area contributed by atoms with Gasteiger partial charge in [-0.25, -0.2) is 13.9 Å². The molecule has 0 radical (unpaired) electrons. The van der Waals surface area contributed by atoms with Crippen molar-refractivity contribution >= 4 is 13.7 Å². The van der Waals surface area contributed by atoms with Crippen LogP contribution in [0.15, 0.2) is 70.3 Å². The van der Waals surface area contributed by atoms with E-state index in [9.17, 15) is 24.4 Å². The fraction of sp³-hybridized carbons (Fsp3) is 0.200. The van der Waals surface area contributed by atoms with E-state index >= 15 is 0 Å². The van der Waals surface area contributed by atoms with E-state index < -0.39 is 49.5 Å². The van der Waals surface area contributed by atoms with Crippen LogP contribution in [0.3, 0.4) is 0 Å². The van der Waals surface area contributed by atoms with E-state index in [-0.39, 0.29) is 6.54 Å². The molecule has 34 heavy (non-hydrogen) atoms. The zero-order chi connectivity index (χ0) is 24.5. The summed E-state index contributed by atoms with van der Waals surface area (Å²) in [6.07, 6.45) is 1.08. The summed E-state index contributed by atoms with van der Waals surface area (Å²) in [6.45, 7) is -0.974. The van der Waals surface area contributed by atoms with Gasteiger partial charge in [0.15, 0.2) is 18.0 Å². The third-order valence-electron chi connectivity index (χ3n) is 4.91. The number of rotatable bonds is 7. The number of phosphoric acid groups is 1. The van der Waals surface area contributed by atoms with E-state index in [0.29, 0.717) is 11.4 Å². The van der Waals surface area contributed by atoms with Gasteiger partial charge in [0.25, 0.3) is 5.56 Å². The largest absolute Gasteiger partial charge is 0.505 e. The lowest BCUT2D eigenvalue weighted by Gasteiger charge is -2.16. The molecular formula is C20H19N4O9P. The lowest BCUT2D eigenvalue weighted by molar-refractivity contribution is 0.0128. The molecule has 0 fully saturated rings. The number of hydrogen-bond acceptors (Lipinski definition) is 9. The highest BCUT2D eigenvalue weighted by Crippen LogP contribution is 2.37. The minimum absolute atomic E-state index is 0.208. The van der Waals surface area contributed by atoms with Gasteiger partial charge in [0.1, 0.15) is 0 Å². The molecule has 1 aliphatic heterocycles. The highest BCUT2D eigenvalue weighted by molar-refractivity contribution is 7.46. The second-order valence-corrected chi connectivity index (χ2v) is 8.46. The molecule has 2 atom stereocenters. The lowest BCUT2D eigenvalue weighted by Crippen LogP contribution is -2.39. The van der Waals surface area contributed by atoms with Gasteiger partial charge in [-0.15, -0.1) is 0 Å². The van der Waals surface area contributed by atoms with Gasteiger partial charge >= 0.3 is 13.5 Å². The Morgan fingerprint density at radius 3 is 2.62 bits per heavy atom. The Morgan fingerprint density at radius 2 is 1.91 bits per heavy atom. The van der Waals surface area contributed by atoms with Gasteiger partial charge in [-0.1, -0.05) is 6.07 Å². The Balaban J connectivity index is 1.63. The molecule has 3 aromatic rings. The fourth-order valence-corrected chi connectivity index (χ4v) is 3.62. The Labute approximate surface area is 191 Å². The molecule has 1 aliphatic rings. The Hall–Kier alpha value is -3.61. The maximum Gasteiger partial charge on any atom is 0.469 e. The van der Waals surface area contributed by atoms with Crippen molar-refractivity contribution in [2.75, 3.05) is 6.61 Å². The lowest BCUT2D eigenvalue weighted by atomic mass is 10.1. The maximum absolute atomic E-state index is 13.0. The van der Waals surface area contributed by atoms with Gasteiger partial charge < -0.3 is 24.7 Å². The molecule has 0 amide bonds. The number of hydrogen-bond donors (Lipinski definition) is 4. The van der Waals surface area contributed by atoms with Gasteiger partial charge in [0.2, 0.25) is 5.88 Å². The minimum Gasteiger partial charge on any atom is -0.505 e. The smallest absolute Gasteiger partial charge is 0.469 e. The summed E-state index contributed by atoms with van der Waals surface area (Å²) in [7, 11) is -4.86. The number of ether oxygens (including phenoxy) is 1. The van der Waals surface area contributed by atoms with Crippen LogP contribution in [0.25, 0.3) is 17.1 Å². The van der Waals surface area contributed by atoms with Crippen LogP contribution in [0.2, 0.25) is 0 Å². The zero-order valence-electron chi connectivity index (χ0n) is 17.3. The Bertz CT molecular complexity index is 1400. The summed E-state index contributed by atoms with van der Waals surface area (Å²) in [5.41, 5.74) is 0.245. The average Bonchev–Trinajstić information content (AvgIpc) is 3.09. The molecule has 13 nitrogen and oxygen atoms in total. The summed E-state index contributed by atoms with van der Waals surface area (Å²) in [4.78, 5) is 51.6. The van der Waals surface area contributed by atoms with Crippen LogP contribution in [0, 0.1) is 0 Å². The van der Waals surface area contributed by atoms with Crippen LogP contribution < -0.4 is 11.2 Å². The third-order valence-corrected chi connectivity index (χ3v) is 5.39. The summed E-state index contributed by atoms with van der Waals surface area (Å²) in [5, 5.41) is 20.3. The SMILES string of the molecule is O=c1ccn(C2=C(O)C(O)[C@@H](COP(=O)(O)O)O2)c(=O)n1Cc1cc(-c2ccccn2)ccn1. The zero-order valence-corrected chi connectivity index (χ0v) is 18.2. The van der Waals surface area contributed by atoms with E-state index in [0.717, 1.165) is 27.0 Å². The molecule has 4 rings (SSSR count). The van der Waals surface area contributed by atoms with Gasteiger partial charge in [0.05, 0.1) is 24.5 Å². The van der Waals surface area contributed by atoms with Gasteiger partial charge in [-0.05, 0) is 24.3 Å². The van der Waals surface area contributed by atoms with Crippen molar-refractivity contribution in [1.82, 2.24) is 19.1 Å². The fourth-order valence-electron chi connectivity index (χ4n) is 3.28. The molecule has 0 saturated heterocycles. The molecular weight excluding hydrogens is 471 g/mol. The van der Waals surface area contributed by atoms with Crippen molar-refractivity contribution in [2.45, 2.75) is 18.8 Å². The predicted octanol–water partition coefficient (Wildman–Crippen LogP) is 0.0684. The first kappa shape index (κ1) is 23.5. The number of aliphatic hydroxyl groups is 2. The molecule has 0 saturated carbocycles. The summed E-state index contributed by atoms with van der Waals surface area (Å²) >= 11 is 0. The van der Waals surface area contributed by atoms with Crippen LogP contribution in [-0.2, 0) is 20.4 Å². The van der Waals surface area contributed by atoms with Crippen LogP contribution >= 0.6 is 7.82 Å². The van der Waals surface area contributed by atoms with Gasteiger partial charge in [-0.3, -0.25) is 23.9 Å². The van der Waals surface area contributed by atoms with Crippen LogP contribution in [-0.4, -0.2) is 57.9 Å². The molecule has 0 bridgehead atoms. The third kappa shape index (κ3) is 4.98. The second kappa shape index (κ2) is 9.33. The number of phosphoric ester groups is 1. The topological polar surface area (TPSA) is 186 Å².